The van der Waals surface area contributed by atoms with Gasteiger partial charge in [-0.1, -0.05) is 36.2 Å². The fraction of sp³-hybridized carbons (Fsp3) is 0.611. The third-order valence-electron chi connectivity index (χ3n) is 3.96. The highest BCUT2D eigenvalue weighted by Crippen LogP contribution is 2.27. The minimum Gasteiger partial charge on any atom is -0.438 e. The molecule has 1 rings (SSSR count). The average molecular weight is 292 g/mol. The summed E-state index contributed by atoms with van der Waals surface area (Å²) >= 11 is 0. The molecule has 0 heterocycles. The quantitative estimate of drug-likeness (QED) is 0.572. The second-order valence-electron chi connectivity index (χ2n) is 6.82. The van der Waals surface area contributed by atoms with Crippen molar-refractivity contribution in [1.82, 2.24) is 0 Å². The van der Waals surface area contributed by atoms with Gasteiger partial charge in [-0.3, -0.25) is 4.79 Å². The van der Waals surface area contributed by atoms with Crippen molar-refractivity contribution in [3.8, 4) is 0 Å². The molecule has 21 heavy (non-hydrogen) atoms. The molecule has 0 saturated heterocycles. The lowest BCUT2D eigenvalue weighted by Gasteiger charge is -2.28. The van der Waals surface area contributed by atoms with Crippen LogP contribution in [0.15, 0.2) is 18.2 Å². The normalized spacial score (nSPS) is 12.3. The Balaban J connectivity index is 2.67. The van der Waals surface area contributed by atoms with Crippen molar-refractivity contribution in [2.45, 2.75) is 60.5 Å². The Morgan fingerprint density at radius 2 is 1.57 bits per heavy atom. The van der Waals surface area contributed by atoms with E-state index in [0.29, 0.717) is 0 Å². The summed E-state index contributed by atoms with van der Waals surface area (Å²) < 4.78 is 11.0. The van der Waals surface area contributed by atoms with Gasteiger partial charge in [0.25, 0.3) is 0 Å². The fourth-order valence-corrected chi connectivity index (χ4v) is 1.98. The largest absolute Gasteiger partial charge is 0.438 e. The van der Waals surface area contributed by atoms with Crippen LogP contribution in [-0.2, 0) is 19.9 Å². The van der Waals surface area contributed by atoms with Crippen LogP contribution in [0.1, 0.15) is 57.7 Å². The number of carbonyl (C=O) groups excluding carboxylic acids is 1. The Hall–Kier alpha value is -1.35. The molecule has 0 saturated carbocycles. The molecule has 0 atom stereocenters. The van der Waals surface area contributed by atoms with Gasteiger partial charge in [0.1, 0.15) is 0 Å². The highest BCUT2D eigenvalue weighted by molar-refractivity contribution is 5.75. The molecule has 0 aliphatic heterocycles. The molecule has 0 amide bonds. The van der Waals surface area contributed by atoms with Gasteiger partial charge in [-0.05, 0) is 53.5 Å². The molecule has 3 heteroatoms. The highest BCUT2D eigenvalue weighted by atomic mass is 16.7. The summed E-state index contributed by atoms with van der Waals surface area (Å²) in [5.41, 5.74) is 2.53. The van der Waals surface area contributed by atoms with Gasteiger partial charge in [0, 0.05) is 0 Å². The van der Waals surface area contributed by atoms with E-state index in [0.717, 1.165) is 12.0 Å². The number of aryl methyl sites for hydroxylation is 2. The second-order valence-corrected chi connectivity index (χ2v) is 6.82. The Morgan fingerprint density at radius 1 is 1.05 bits per heavy atom. The van der Waals surface area contributed by atoms with Crippen molar-refractivity contribution in [3.05, 3.63) is 34.9 Å². The first-order chi connectivity index (χ1) is 9.58. The molecule has 0 bridgehead atoms. The van der Waals surface area contributed by atoms with Gasteiger partial charge in [0.05, 0.1) is 11.0 Å². The number of carbonyl (C=O) groups is 1. The molecule has 3 nitrogen and oxygen atoms in total. The maximum Gasteiger partial charge on any atom is 0.313 e. The van der Waals surface area contributed by atoms with Crippen LogP contribution >= 0.6 is 0 Å². The summed E-state index contributed by atoms with van der Waals surface area (Å²) in [6, 6.07) is 6.33. The molecular formula is C18H28O3. The van der Waals surface area contributed by atoms with Gasteiger partial charge in [-0.15, -0.1) is 0 Å². The number of esters is 1. The number of hydrogen-bond acceptors (Lipinski definition) is 3. The third kappa shape index (κ3) is 4.85. The van der Waals surface area contributed by atoms with Crippen LogP contribution in [0.3, 0.4) is 0 Å². The van der Waals surface area contributed by atoms with Crippen molar-refractivity contribution >= 4 is 5.97 Å². The van der Waals surface area contributed by atoms with E-state index >= 15 is 0 Å². The Kier molecular flexibility index (Phi) is 5.57. The molecular weight excluding hydrogens is 264 g/mol. The van der Waals surface area contributed by atoms with Gasteiger partial charge in [0.15, 0.2) is 6.79 Å². The molecule has 0 fully saturated rings. The first kappa shape index (κ1) is 17.7. The molecule has 118 valence electrons. The van der Waals surface area contributed by atoms with E-state index in [9.17, 15) is 4.79 Å². The number of hydrogen-bond donors (Lipinski definition) is 0. The zero-order valence-corrected chi connectivity index (χ0v) is 14.4. The van der Waals surface area contributed by atoms with Crippen molar-refractivity contribution in [1.29, 1.82) is 0 Å². The van der Waals surface area contributed by atoms with Crippen LogP contribution in [0.5, 0.6) is 0 Å². The van der Waals surface area contributed by atoms with Crippen LogP contribution in [0.2, 0.25) is 0 Å². The van der Waals surface area contributed by atoms with E-state index in [2.05, 4.69) is 32.0 Å². The fourth-order valence-electron chi connectivity index (χ4n) is 1.98. The molecule has 0 aliphatic carbocycles. The molecule has 1 aromatic rings. The summed E-state index contributed by atoms with van der Waals surface area (Å²) in [5, 5.41) is 0. The second kappa shape index (κ2) is 6.61. The van der Waals surface area contributed by atoms with Crippen LogP contribution in [-0.4, -0.2) is 12.8 Å². The lowest BCUT2D eigenvalue weighted by molar-refractivity contribution is -0.179. The summed E-state index contributed by atoms with van der Waals surface area (Å²) in [5.74, 6) is -0.221. The first-order valence-corrected chi connectivity index (χ1v) is 7.48. The first-order valence-electron chi connectivity index (χ1n) is 7.48. The predicted molar refractivity (Wildman–Crippen MR) is 85.1 cm³/mol. The smallest absolute Gasteiger partial charge is 0.313 e. The van der Waals surface area contributed by atoms with Crippen LogP contribution in [0, 0.1) is 19.3 Å². The zero-order chi connectivity index (χ0) is 16.3. The van der Waals surface area contributed by atoms with E-state index in [1.54, 1.807) is 0 Å². The zero-order valence-electron chi connectivity index (χ0n) is 14.4. The molecule has 0 N–H and O–H groups in total. The summed E-state index contributed by atoms with van der Waals surface area (Å²) in [7, 11) is 0. The topological polar surface area (TPSA) is 35.5 Å². The highest BCUT2D eigenvalue weighted by Gasteiger charge is 2.28. The van der Waals surface area contributed by atoms with Crippen molar-refractivity contribution in [3.63, 3.8) is 0 Å². The van der Waals surface area contributed by atoms with E-state index < -0.39 is 11.0 Å². The molecule has 0 unspecified atom stereocenters. The van der Waals surface area contributed by atoms with Gasteiger partial charge < -0.3 is 9.47 Å². The van der Waals surface area contributed by atoms with Gasteiger partial charge in [0.2, 0.25) is 0 Å². The van der Waals surface area contributed by atoms with Crippen molar-refractivity contribution in [2.75, 3.05) is 6.79 Å². The van der Waals surface area contributed by atoms with E-state index in [1.807, 2.05) is 34.6 Å². The van der Waals surface area contributed by atoms with Gasteiger partial charge >= 0.3 is 5.97 Å². The SMILES string of the molecule is CCC(C)(C)C(=O)OCOC(C)(C)c1cc(C)cc(C)c1. The molecule has 0 aromatic heterocycles. The number of benzene rings is 1. The van der Waals surface area contributed by atoms with E-state index in [1.165, 1.54) is 11.1 Å². The Bertz CT molecular complexity index is 481. The predicted octanol–water partition coefficient (Wildman–Crippen LogP) is 4.49. The molecule has 1 aromatic carbocycles. The monoisotopic (exact) mass is 292 g/mol. The molecule has 0 spiro atoms. The number of rotatable bonds is 6. The summed E-state index contributed by atoms with van der Waals surface area (Å²) in [6.45, 7) is 13.8. The van der Waals surface area contributed by atoms with Crippen LogP contribution < -0.4 is 0 Å². The van der Waals surface area contributed by atoms with Gasteiger partial charge in [-0.2, -0.15) is 0 Å². The summed E-state index contributed by atoms with van der Waals surface area (Å²) in [4.78, 5) is 11.9. The van der Waals surface area contributed by atoms with Crippen molar-refractivity contribution in [2.24, 2.45) is 5.41 Å². The maximum absolute atomic E-state index is 11.9. The average Bonchev–Trinajstić information content (AvgIpc) is 2.37. The van der Waals surface area contributed by atoms with E-state index in [-0.39, 0.29) is 12.8 Å². The minimum atomic E-state index is -0.493. The Morgan fingerprint density at radius 3 is 2.05 bits per heavy atom. The van der Waals surface area contributed by atoms with E-state index in [4.69, 9.17) is 9.47 Å². The molecule has 0 aliphatic rings. The van der Waals surface area contributed by atoms with Crippen LogP contribution in [0.25, 0.3) is 0 Å². The lowest BCUT2D eigenvalue weighted by atomic mass is 9.91. The summed E-state index contributed by atoms with van der Waals surface area (Å²) in [6.07, 6.45) is 0.742. The lowest BCUT2D eigenvalue weighted by Crippen LogP contribution is -2.29. The van der Waals surface area contributed by atoms with Crippen LogP contribution in [0.4, 0.5) is 0 Å². The van der Waals surface area contributed by atoms with Crippen molar-refractivity contribution < 1.29 is 14.3 Å². The third-order valence-corrected chi connectivity index (χ3v) is 3.96. The molecule has 0 radical (unpaired) electrons. The standard InChI is InChI=1S/C18H28O3/c1-8-17(4,5)16(19)20-12-21-18(6,7)15-10-13(2)9-14(3)11-15/h9-11H,8,12H2,1-7H3. The van der Waals surface area contributed by atoms with Gasteiger partial charge in [-0.25, -0.2) is 0 Å². The maximum atomic E-state index is 11.9. The Labute approximate surface area is 128 Å². The minimum absolute atomic E-state index is 0.0255. The number of ether oxygens (including phenoxy) is 2.